The highest BCUT2D eigenvalue weighted by Gasteiger charge is 2.28. The standard InChI is InChI=1S/C27H38F2/c1-3-5-6-7-9-24-18-19-25(27(29)26(24)28)23-16-14-22(15-17-23)21-12-10-20(8-4-2)11-13-21/h4,8,16,18-22H,3,5-7,9-15,17H2,1-2H3/b8-4+. The van der Waals surface area contributed by atoms with E-state index in [1.807, 2.05) is 12.1 Å². The molecule has 1 atom stereocenters. The van der Waals surface area contributed by atoms with Gasteiger partial charge in [-0.1, -0.05) is 56.5 Å². The number of allylic oxidation sites excluding steroid dienone is 4. The molecule has 0 spiro atoms. The van der Waals surface area contributed by atoms with Crippen molar-refractivity contribution in [2.24, 2.45) is 17.8 Å². The van der Waals surface area contributed by atoms with E-state index >= 15 is 0 Å². The summed E-state index contributed by atoms with van der Waals surface area (Å²) in [7, 11) is 0. The average molecular weight is 401 g/mol. The second-order valence-corrected chi connectivity index (χ2v) is 9.18. The molecule has 0 heterocycles. The van der Waals surface area contributed by atoms with Crippen LogP contribution in [-0.2, 0) is 6.42 Å². The van der Waals surface area contributed by atoms with Gasteiger partial charge in [-0.15, -0.1) is 0 Å². The van der Waals surface area contributed by atoms with Crippen LogP contribution in [0.15, 0.2) is 30.4 Å². The SMILES string of the molecule is C/C=C/C1CCC(C2CC=C(c3ccc(CCCCCC)c(F)c3F)CC2)CC1. The van der Waals surface area contributed by atoms with Crippen LogP contribution in [0.25, 0.3) is 5.57 Å². The fourth-order valence-electron chi connectivity index (χ4n) is 5.38. The van der Waals surface area contributed by atoms with Crippen molar-refractivity contribution in [3.8, 4) is 0 Å². The van der Waals surface area contributed by atoms with E-state index < -0.39 is 11.6 Å². The molecular weight excluding hydrogens is 362 g/mol. The number of hydrogen-bond donors (Lipinski definition) is 0. The van der Waals surface area contributed by atoms with Gasteiger partial charge < -0.3 is 0 Å². The van der Waals surface area contributed by atoms with E-state index in [0.29, 0.717) is 17.5 Å². The van der Waals surface area contributed by atoms with Gasteiger partial charge >= 0.3 is 0 Å². The van der Waals surface area contributed by atoms with Crippen molar-refractivity contribution in [2.45, 2.75) is 90.9 Å². The lowest BCUT2D eigenvalue weighted by Crippen LogP contribution is -2.22. The minimum absolute atomic E-state index is 0.495. The van der Waals surface area contributed by atoms with E-state index in [-0.39, 0.29) is 0 Å². The first-order chi connectivity index (χ1) is 14.1. The Hall–Kier alpha value is -1.44. The molecule has 160 valence electrons. The summed E-state index contributed by atoms with van der Waals surface area (Å²) in [5, 5.41) is 0. The van der Waals surface area contributed by atoms with Crippen molar-refractivity contribution in [3.63, 3.8) is 0 Å². The molecule has 0 radical (unpaired) electrons. The maximum Gasteiger partial charge on any atom is 0.166 e. The molecule has 1 unspecified atom stereocenters. The number of halogens is 2. The van der Waals surface area contributed by atoms with Crippen LogP contribution in [0.1, 0.15) is 95.6 Å². The molecule has 2 aliphatic carbocycles. The first kappa shape index (κ1) is 22.2. The number of hydrogen-bond acceptors (Lipinski definition) is 0. The molecule has 0 amide bonds. The minimum Gasteiger partial charge on any atom is -0.203 e. The van der Waals surface area contributed by atoms with Gasteiger partial charge in [0.05, 0.1) is 0 Å². The number of unbranched alkanes of at least 4 members (excludes halogenated alkanes) is 3. The second-order valence-electron chi connectivity index (χ2n) is 9.18. The largest absolute Gasteiger partial charge is 0.203 e. The van der Waals surface area contributed by atoms with E-state index in [1.165, 1.54) is 25.7 Å². The Morgan fingerprint density at radius 3 is 2.38 bits per heavy atom. The fraction of sp³-hybridized carbons (Fsp3) is 0.630. The Morgan fingerprint density at radius 1 is 0.931 bits per heavy atom. The summed E-state index contributed by atoms with van der Waals surface area (Å²) >= 11 is 0. The normalized spacial score (nSPS) is 25.4. The summed E-state index contributed by atoms with van der Waals surface area (Å²) in [5.74, 6) is 1.04. The van der Waals surface area contributed by atoms with E-state index in [1.54, 1.807) is 0 Å². The van der Waals surface area contributed by atoms with Gasteiger partial charge in [-0.2, -0.15) is 0 Å². The Kier molecular flexibility index (Phi) is 8.51. The number of aryl methyl sites for hydroxylation is 1. The molecule has 0 aromatic heterocycles. The van der Waals surface area contributed by atoms with Crippen molar-refractivity contribution < 1.29 is 8.78 Å². The van der Waals surface area contributed by atoms with Gasteiger partial charge in [0.1, 0.15) is 0 Å². The summed E-state index contributed by atoms with van der Waals surface area (Å²) < 4.78 is 29.4. The lowest BCUT2D eigenvalue weighted by Gasteiger charge is -2.35. The molecule has 2 aliphatic rings. The Morgan fingerprint density at radius 2 is 1.72 bits per heavy atom. The summed E-state index contributed by atoms with van der Waals surface area (Å²) in [6.45, 7) is 4.27. The molecule has 0 aliphatic heterocycles. The average Bonchev–Trinajstić information content (AvgIpc) is 2.75. The summed E-state index contributed by atoms with van der Waals surface area (Å²) in [5.41, 5.74) is 2.04. The van der Waals surface area contributed by atoms with E-state index in [0.717, 1.165) is 68.3 Å². The van der Waals surface area contributed by atoms with Crippen LogP contribution in [0.5, 0.6) is 0 Å². The summed E-state index contributed by atoms with van der Waals surface area (Å²) in [4.78, 5) is 0. The molecule has 0 saturated heterocycles. The van der Waals surface area contributed by atoms with Crippen LogP contribution in [0.4, 0.5) is 8.78 Å². The summed E-state index contributed by atoms with van der Waals surface area (Å²) in [6, 6.07) is 3.64. The van der Waals surface area contributed by atoms with Crippen LogP contribution in [0.2, 0.25) is 0 Å². The van der Waals surface area contributed by atoms with Crippen LogP contribution in [-0.4, -0.2) is 0 Å². The third kappa shape index (κ3) is 5.80. The Balaban J connectivity index is 1.58. The van der Waals surface area contributed by atoms with Gasteiger partial charge in [0.25, 0.3) is 0 Å². The summed E-state index contributed by atoms with van der Waals surface area (Å²) in [6.07, 6.45) is 20.0. The number of benzene rings is 1. The molecule has 1 aromatic rings. The first-order valence-electron chi connectivity index (χ1n) is 11.9. The molecule has 1 aromatic carbocycles. The Bertz CT molecular complexity index is 707. The van der Waals surface area contributed by atoms with Crippen molar-refractivity contribution in [3.05, 3.63) is 53.1 Å². The highest BCUT2D eigenvalue weighted by molar-refractivity contribution is 5.67. The molecular formula is C27H38F2. The minimum atomic E-state index is -0.630. The smallest absolute Gasteiger partial charge is 0.166 e. The molecule has 3 rings (SSSR count). The second kappa shape index (κ2) is 11.1. The van der Waals surface area contributed by atoms with Gasteiger partial charge in [0.15, 0.2) is 11.6 Å². The third-order valence-electron chi connectivity index (χ3n) is 7.21. The topological polar surface area (TPSA) is 0 Å². The van der Waals surface area contributed by atoms with E-state index in [9.17, 15) is 8.78 Å². The molecule has 0 N–H and O–H groups in total. The Labute approximate surface area is 176 Å². The fourth-order valence-corrected chi connectivity index (χ4v) is 5.38. The first-order valence-corrected chi connectivity index (χ1v) is 11.9. The monoisotopic (exact) mass is 400 g/mol. The molecule has 0 bridgehead atoms. The quantitative estimate of drug-likeness (QED) is 0.302. The van der Waals surface area contributed by atoms with E-state index in [4.69, 9.17) is 0 Å². The molecule has 29 heavy (non-hydrogen) atoms. The molecule has 1 fully saturated rings. The van der Waals surface area contributed by atoms with Gasteiger partial charge in [0, 0.05) is 5.56 Å². The van der Waals surface area contributed by atoms with Crippen molar-refractivity contribution in [1.29, 1.82) is 0 Å². The van der Waals surface area contributed by atoms with Gasteiger partial charge in [-0.05, 0) is 93.6 Å². The highest BCUT2D eigenvalue weighted by atomic mass is 19.2. The molecule has 0 nitrogen and oxygen atoms in total. The maximum atomic E-state index is 14.8. The van der Waals surface area contributed by atoms with Gasteiger partial charge in [-0.3, -0.25) is 0 Å². The van der Waals surface area contributed by atoms with Gasteiger partial charge in [0.2, 0.25) is 0 Å². The van der Waals surface area contributed by atoms with Crippen LogP contribution in [0.3, 0.4) is 0 Å². The van der Waals surface area contributed by atoms with Crippen molar-refractivity contribution in [1.82, 2.24) is 0 Å². The molecule has 2 heteroatoms. The molecule has 1 saturated carbocycles. The van der Waals surface area contributed by atoms with Crippen LogP contribution >= 0.6 is 0 Å². The van der Waals surface area contributed by atoms with Crippen LogP contribution < -0.4 is 0 Å². The van der Waals surface area contributed by atoms with Gasteiger partial charge in [-0.25, -0.2) is 8.78 Å². The van der Waals surface area contributed by atoms with Crippen molar-refractivity contribution in [2.75, 3.05) is 0 Å². The zero-order valence-electron chi connectivity index (χ0n) is 18.4. The van der Waals surface area contributed by atoms with E-state index in [2.05, 4.69) is 32.1 Å². The lowest BCUT2D eigenvalue weighted by molar-refractivity contribution is 0.212. The maximum absolute atomic E-state index is 14.8. The van der Waals surface area contributed by atoms with Crippen LogP contribution in [0, 0.1) is 29.4 Å². The zero-order chi connectivity index (χ0) is 20.6. The van der Waals surface area contributed by atoms with Crippen molar-refractivity contribution >= 4 is 5.57 Å². The number of rotatable bonds is 8. The predicted molar refractivity (Wildman–Crippen MR) is 120 cm³/mol. The zero-order valence-corrected chi connectivity index (χ0v) is 18.4. The third-order valence-corrected chi connectivity index (χ3v) is 7.21. The predicted octanol–water partition coefficient (Wildman–Crippen LogP) is 8.65. The lowest BCUT2D eigenvalue weighted by atomic mass is 9.71. The highest BCUT2D eigenvalue weighted by Crippen LogP contribution is 2.42.